The molecule has 2 rings (SSSR count). The molecule has 0 aromatic carbocycles. The predicted molar refractivity (Wildman–Crippen MR) is 48.3 cm³/mol. The maximum atomic E-state index is 11.6. The molecule has 1 saturated carbocycles. The molecule has 0 saturated heterocycles. The van der Waals surface area contributed by atoms with Gasteiger partial charge < -0.3 is 5.32 Å². The van der Waals surface area contributed by atoms with Crippen molar-refractivity contribution >= 4 is 5.91 Å². The summed E-state index contributed by atoms with van der Waals surface area (Å²) in [5.41, 5.74) is 0.631. The highest BCUT2D eigenvalue weighted by Gasteiger charge is 2.21. The van der Waals surface area contributed by atoms with E-state index in [4.69, 9.17) is 0 Å². The molecule has 1 N–H and O–H groups in total. The van der Waals surface area contributed by atoms with Gasteiger partial charge in [0.25, 0.3) is 5.91 Å². The van der Waals surface area contributed by atoms with E-state index in [1.54, 1.807) is 24.0 Å². The lowest BCUT2D eigenvalue weighted by molar-refractivity contribution is 0.0907. The van der Waals surface area contributed by atoms with Gasteiger partial charge in [0.05, 0.1) is 0 Å². The van der Waals surface area contributed by atoms with E-state index >= 15 is 0 Å². The van der Waals surface area contributed by atoms with Crippen LogP contribution in [0.25, 0.3) is 0 Å². The van der Waals surface area contributed by atoms with E-state index in [2.05, 4.69) is 10.4 Å². The Bertz CT molecular complexity index is 314. The molecule has 1 heterocycles. The van der Waals surface area contributed by atoms with Crippen LogP contribution in [0.4, 0.5) is 0 Å². The summed E-state index contributed by atoms with van der Waals surface area (Å²) in [5.74, 6) is -0.00954. The Morgan fingerprint density at radius 3 is 2.92 bits per heavy atom. The standard InChI is InChI=1S/C9H13N3O/c1-12-8(5-6-10-12)9(13)11-7-3-2-4-7/h5-7H,2-4H2,1H3,(H,11,13). The quantitative estimate of drug-likeness (QED) is 0.726. The van der Waals surface area contributed by atoms with Gasteiger partial charge in [-0.15, -0.1) is 0 Å². The molecular weight excluding hydrogens is 166 g/mol. The zero-order chi connectivity index (χ0) is 9.26. The fraction of sp³-hybridized carbons (Fsp3) is 0.556. The van der Waals surface area contributed by atoms with Gasteiger partial charge in [0.15, 0.2) is 0 Å². The number of aromatic nitrogens is 2. The monoisotopic (exact) mass is 179 g/mol. The molecule has 0 radical (unpaired) electrons. The molecule has 0 spiro atoms. The summed E-state index contributed by atoms with van der Waals surface area (Å²) in [4.78, 5) is 11.6. The number of nitrogens with zero attached hydrogens (tertiary/aromatic N) is 2. The van der Waals surface area contributed by atoms with Gasteiger partial charge in [0.1, 0.15) is 5.69 Å². The Balaban J connectivity index is 2.00. The third-order valence-corrected chi connectivity index (χ3v) is 2.49. The molecule has 1 aliphatic carbocycles. The summed E-state index contributed by atoms with van der Waals surface area (Å²) in [7, 11) is 1.77. The number of aryl methyl sites for hydroxylation is 1. The Labute approximate surface area is 76.9 Å². The van der Waals surface area contributed by atoms with Crippen molar-refractivity contribution in [1.29, 1.82) is 0 Å². The van der Waals surface area contributed by atoms with Gasteiger partial charge in [-0.25, -0.2) is 0 Å². The van der Waals surface area contributed by atoms with Crippen LogP contribution in [0, 0.1) is 0 Å². The zero-order valence-corrected chi connectivity index (χ0v) is 7.66. The molecule has 13 heavy (non-hydrogen) atoms. The SMILES string of the molecule is Cn1nccc1C(=O)NC1CCC1. The number of nitrogens with one attached hydrogen (secondary N) is 1. The van der Waals surface area contributed by atoms with Crippen molar-refractivity contribution in [3.05, 3.63) is 18.0 Å². The largest absolute Gasteiger partial charge is 0.348 e. The van der Waals surface area contributed by atoms with Gasteiger partial charge in [0, 0.05) is 19.3 Å². The van der Waals surface area contributed by atoms with E-state index in [-0.39, 0.29) is 5.91 Å². The number of hydrogen-bond donors (Lipinski definition) is 1. The third-order valence-electron chi connectivity index (χ3n) is 2.49. The van der Waals surface area contributed by atoms with Gasteiger partial charge in [-0.1, -0.05) is 0 Å². The van der Waals surface area contributed by atoms with Gasteiger partial charge in [-0.2, -0.15) is 5.10 Å². The van der Waals surface area contributed by atoms with Crippen LogP contribution in [0.3, 0.4) is 0 Å². The van der Waals surface area contributed by atoms with Gasteiger partial charge in [-0.05, 0) is 25.3 Å². The van der Waals surface area contributed by atoms with Crippen LogP contribution in [0.5, 0.6) is 0 Å². The summed E-state index contributed by atoms with van der Waals surface area (Å²) in [5, 5.41) is 6.90. The first-order chi connectivity index (χ1) is 6.27. The Kier molecular flexibility index (Phi) is 2.04. The topological polar surface area (TPSA) is 46.9 Å². The maximum Gasteiger partial charge on any atom is 0.269 e. The minimum absolute atomic E-state index is 0.00954. The number of amides is 1. The van der Waals surface area contributed by atoms with Crippen molar-refractivity contribution in [1.82, 2.24) is 15.1 Å². The lowest BCUT2D eigenvalue weighted by atomic mass is 9.93. The lowest BCUT2D eigenvalue weighted by Gasteiger charge is -2.26. The first-order valence-electron chi connectivity index (χ1n) is 4.56. The number of carbonyl (C=O) groups excluding carboxylic acids is 1. The second kappa shape index (κ2) is 3.20. The fourth-order valence-corrected chi connectivity index (χ4v) is 1.41. The first kappa shape index (κ1) is 8.29. The second-order valence-electron chi connectivity index (χ2n) is 3.44. The Morgan fingerprint density at radius 2 is 2.46 bits per heavy atom. The molecule has 1 aromatic rings. The molecule has 4 heteroatoms. The highest BCUT2D eigenvalue weighted by atomic mass is 16.2. The Hall–Kier alpha value is -1.32. The second-order valence-corrected chi connectivity index (χ2v) is 3.44. The average Bonchev–Trinajstić information content (AvgIpc) is 2.43. The summed E-state index contributed by atoms with van der Waals surface area (Å²) >= 11 is 0. The minimum atomic E-state index is -0.00954. The van der Waals surface area contributed by atoms with Crippen LogP contribution in [-0.2, 0) is 7.05 Å². The highest BCUT2D eigenvalue weighted by Crippen LogP contribution is 2.18. The summed E-state index contributed by atoms with van der Waals surface area (Å²) in [6.07, 6.45) is 5.10. The van der Waals surface area contributed by atoms with Crippen LogP contribution in [0.2, 0.25) is 0 Å². The molecule has 1 aliphatic rings. The van der Waals surface area contributed by atoms with Crippen molar-refractivity contribution in [3.63, 3.8) is 0 Å². The van der Waals surface area contributed by atoms with E-state index in [1.165, 1.54) is 6.42 Å². The van der Waals surface area contributed by atoms with Crippen molar-refractivity contribution in [2.45, 2.75) is 25.3 Å². The number of carbonyl (C=O) groups is 1. The van der Waals surface area contributed by atoms with E-state index in [1.807, 2.05) is 0 Å². The smallest absolute Gasteiger partial charge is 0.269 e. The molecule has 0 unspecified atom stereocenters. The fourth-order valence-electron chi connectivity index (χ4n) is 1.41. The lowest BCUT2D eigenvalue weighted by Crippen LogP contribution is -2.40. The van der Waals surface area contributed by atoms with E-state index in [0.717, 1.165) is 12.8 Å². The zero-order valence-electron chi connectivity index (χ0n) is 7.66. The van der Waals surface area contributed by atoms with E-state index in [9.17, 15) is 4.79 Å². The van der Waals surface area contributed by atoms with Crippen molar-refractivity contribution in [3.8, 4) is 0 Å². The van der Waals surface area contributed by atoms with Gasteiger partial charge in [0.2, 0.25) is 0 Å². The van der Waals surface area contributed by atoms with Crippen molar-refractivity contribution in [2.75, 3.05) is 0 Å². The molecule has 1 fully saturated rings. The van der Waals surface area contributed by atoms with Gasteiger partial charge in [-0.3, -0.25) is 9.48 Å². The predicted octanol–water partition coefficient (Wildman–Crippen LogP) is 0.702. The molecule has 1 aromatic heterocycles. The summed E-state index contributed by atoms with van der Waals surface area (Å²) < 4.78 is 1.59. The number of hydrogen-bond acceptors (Lipinski definition) is 2. The van der Waals surface area contributed by atoms with Crippen LogP contribution >= 0.6 is 0 Å². The minimum Gasteiger partial charge on any atom is -0.348 e. The average molecular weight is 179 g/mol. The van der Waals surface area contributed by atoms with Crippen LogP contribution in [0.1, 0.15) is 29.8 Å². The molecule has 1 amide bonds. The van der Waals surface area contributed by atoms with Gasteiger partial charge >= 0.3 is 0 Å². The maximum absolute atomic E-state index is 11.6. The Morgan fingerprint density at radius 1 is 1.69 bits per heavy atom. The van der Waals surface area contributed by atoms with E-state index < -0.39 is 0 Å². The van der Waals surface area contributed by atoms with Crippen LogP contribution < -0.4 is 5.32 Å². The normalized spacial score (nSPS) is 16.7. The molecule has 0 aliphatic heterocycles. The molecule has 4 nitrogen and oxygen atoms in total. The third kappa shape index (κ3) is 1.56. The first-order valence-corrected chi connectivity index (χ1v) is 4.56. The molecule has 0 atom stereocenters. The number of rotatable bonds is 2. The van der Waals surface area contributed by atoms with Crippen molar-refractivity contribution in [2.24, 2.45) is 7.05 Å². The highest BCUT2D eigenvalue weighted by molar-refractivity contribution is 5.92. The van der Waals surface area contributed by atoms with E-state index in [0.29, 0.717) is 11.7 Å². The summed E-state index contributed by atoms with van der Waals surface area (Å²) in [6, 6.07) is 2.12. The molecular formula is C9H13N3O. The molecule has 0 bridgehead atoms. The van der Waals surface area contributed by atoms with Crippen molar-refractivity contribution < 1.29 is 4.79 Å². The van der Waals surface area contributed by atoms with Crippen LogP contribution in [-0.4, -0.2) is 21.7 Å². The summed E-state index contributed by atoms with van der Waals surface area (Å²) in [6.45, 7) is 0. The van der Waals surface area contributed by atoms with Crippen LogP contribution in [0.15, 0.2) is 12.3 Å². The molecule has 70 valence electrons.